The summed E-state index contributed by atoms with van der Waals surface area (Å²) in [6.45, 7) is 0. The molecule has 5 heteroatoms. The molecule has 0 N–H and O–H groups in total. The SMILES string of the molecule is Clc1ncnc2c1[se]c1nc3ccccc3cc12. The van der Waals surface area contributed by atoms with Crippen molar-refractivity contribution in [1.29, 1.82) is 0 Å². The summed E-state index contributed by atoms with van der Waals surface area (Å²) in [5, 5.41) is 2.80. The summed E-state index contributed by atoms with van der Waals surface area (Å²) >= 11 is 6.23. The van der Waals surface area contributed by atoms with Gasteiger partial charge in [-0.1, -0.05) is 0 Å². The van der Waals surface area contributed by atoms with E-state index in [1.54, 1.807) is 0 Å². The third-order valence-corrected chi connectivity index (χ3v) is 5.74. The van der Waals surface area contributed by atoms with E-state index in [4.69, 9.17) is 16.6 Å². The number of benzene rings is 1. The molecule has 0 amide bonds. The summed E-state index contributed by atoms with van der Waals surface area (Å²) in [5.41, 5.74) is 1.97. The number of para-hydroxylation sites is 1. The Kier molecular flexibility index (Phi) is 2.18. The quantitative estimate of drug-likeness (QED) is 0.369. The molecular weight excluding hydrogens is 313 g/mol. The van der Waals surface area contributed by atoms with Crippen molar-refractivity contribution in [2.45, 2.75) is 0 Å². The van der Waals surface area contributed by atoms with Crippen LogP contribution in [0.15, 0.2) is 36.7 Å². The van der Waals surface area contributed by atoms with Crippen LogP contribution in [0.2, 0.25) is 5.15 Å². The Balaban J connectivity index is 2.27. The van der Waals surface area contributed by atoms with E-state index in [1.165, 1.54) is 6.33 Å². The Morgan fingerprint density at radius 1 is 1.11 bits per heavy atom. The van der Waals surface area contributed by atoms with Crippen molar-refractivity contribution in [3.8, 4) is 0 Å². The minimum absolute atomic E-state index is 0.104. The van der Waals surface area contributed by atoms with Crippen LogP contribution in [0.1, 0.15) is 0 Å². The van der Waals surface area contributed by atoms with Crippen LogP contribution < -0.4 is 0 Å². The number of rotatable bonds is 0. The summed E-state index contributed by atoms with van der Waals surface area (Å²) in [5.74, 6) is 0. The molecule has 0 aliphatic heterocycles. The van der Waals surface area contributed by atoms with Gasteiger partial charge in [0.05, 0.1) is 0 Å². The molecule has 0 spiro atoms. The van der Waals surface area contributed by atoms with Gasteiger partial charge in [-0.25, -0.2) is 0 Å². The maximum absolute atomic E-state index is 6.13. The summed E-state index contributed by atoms with van der Waals surface area (Å²) in [4.78, 5) is 13.1. The first-order valence-corrected chi connectivity index (χ1v) is 7.50. The minimum atomic E-state index is 0.104. The average molecular weight is 319 g/mol. The van der Waals surface area contributed by atoms with Gasteiger partial charge in [0.25, 0.3) is 0 Å². The summed E-state index contributed by atoms with van der Waals surface area (Å²) in [6.07, 6.45) is 1.52. The number of nitrogens with zero attached hydrogens (tertiary/aromatic N) is 3. The molecule has 18 heavy (non-hydrogen) atoms. The second-order valence-electron chi connectivity index (χ2n) is 3.98. The Morgan fingerprint density at radius 3 is 2.94 bits per heavy atom. The first kappa shape index (κ1) is 10.4. The van der Waals surface area contributed by atoms with Crippen LogP contribution in [0.3, 0.4) is 0 Å². The molecule has 3 heterocycles. The van der Waals surface area contributed by atoms with Crippen molar-refractivity contribution in [2.75, 3.05) is 0 Å². The van der Waals surface area contributed by atoms with Crippen molar-refractivity contribution >= 4 is 56.6 Å². The van der Waals surface area contributed by atoms with Crippen molar-refractivity contribution < 1.29 is 0 Å². The van der Waals surface area contributed by atoms with Crippen molar-refractivity contribution in [1.82, 2.24) is 15.0 Å². The Labute approximate surface area is 113 Å². The van der Waals surface area contributed by atoms with Crippen LogP contribution in [0, 0.1) is 0 Å². The molecule has 0 saturated heterocycles. The Morgan fingerprint density at radius 2 is 2.00 bits per heavy atom. The van der Waals surface area contributed by atoms with Crippen LogP contribution in [0.4, 0.5) is 0 Å². The van der Waals surface area contributed by atoms with Gasteiger partial charge in [-0.15, -0.1) is 0 Å². The van der Waals surface area contributed by atoms with Gasteiger partial charge in [0.1, 0.15) is 0 Å². The number of fused-ring (bicyclic) bond motifs is 4. The third-order valence-electron chi connectivity index (χ3n) is 2.90. The maximum atomic E-state index is 6.13. The molecule has 0 aliphatic carbocycles. The molecule has 0 unspecified atom stereocenters. The van der Waals surface area contributed by atoms with Gasteiger partial charge in [0.15, 0.2) is 0 Å². The topological polar surface area (TPSA) is 38.7 Å². The molecule has 1 aromatic carbocycles. The molecule has 0 fully saturated rings. The van der Waals surface area contributed by atoms with Gasteiger partial charge >= 0.3 is 113 Å². The van der Waals surface area contributed by atoms with Crippen LogP contribution in [0.5, 0.6) is 0 Å². The van der Waals surface area contributed by atoms with E-state index < -0.39 is 0 Å². The van der Waals surface area contributed by atoms with Gasteiger partial charge < -0.3 is 0 Å². The molecule has 0 radical (unpaired) electrons. The predicted octanol–water partition coefficient (Wildman–Crippen LogP) is 3.04. The van der Waals surface area contributed by atoms with Gasteiger partial charge in [-0.05, 0) is 0 Å². The molecule has 0 saturated carbocycles. The molecule has 4 rings (SSSR count). The monoisotopic (exact) mass is 319 g/mol. The molecule has 4 aromatic rings. The van der Waals surface area contributed by atoms with Gasteiger partial charge in [-0.2, -0.15) is 0 Å². The zero-order valence-corrected chi connectivity index (χ0v) is 11.6. The van der Waals surface area contributed by atoms with Crippen LogP contribution in [-0.4, -0.2) is 29.5 Å². The number of pyridine rings is 1. The molecule has 86 valence electrons. The predicted molar refractivity (Wildman–Crippen MR) is 74.3 cm³/mol. The van der Waals surface area contributed by atoms with Gasteiger partial charge in [-0.3, -0.25) is 0 Å². The zero-order valence-electron chi connectivity index (χ0n) is 9.09. The van der Waals surface area contributed by atoms with E-state index in [-0.39, 0.29) is 14.5 Å². The number of hydrogen-bond donors (Lipinski definition) is 0. The second-order valence-corrected chi connectivity index (χ2v) is 6.43. The fraction of sp³-hybridized carbons (Fsp3) is 0. The van der Waals surface area contributed by atoms with Gasteiger partial charge in [0, 0.05) is 0 Å². The summed E-state index contributed by atoms with van der Waals surface area (Å²) < 4.78 is 2.14. The van der Waals surface area contributed by atoms with Crippen LogP contribution in [0.25, 0.3) is 30.5 Å². The molecule has 3 nitrogen and oxygen atoms in total. The number of hydrogen-bond acceptors (Lipinski definition) is 3. The first-order chi connectivity index (χ1) is 8.83. The summed E-state index contributed by atoms with van der Waals surface area (Å²) in [7, 11) is 0. The van der Waals surface area contributed by atoms with E-state index in [1.807, 2.05) is 18.2 Å². The normalized spacial score (nSPS) is 11.6. The first-order valence-electron chi connectivity index (χ1n) is 5.41. The standard InChI is InChI=1S/C13H6ClN3Se/c14-12-11-10(15-6-16-12)8-5-7-3-1-2-4-9(7)17-13(8)18-11/h1-6H. The molecule has 0 bridgehead atoms. The fourth-order valence-corrected chi connectivity index (χ4v) is 4.51. The van der Waals surface area contributed by atoms with Crippen LogP contribution >= 0.6 is 11.6 Å². The van der Waals surface area contributed by atoms with Gasteiger partial charge in [0.2, 0.25) is 0 Å². The number of aromatic nitrogens is 3. The van der Waals surface area contributed by atoms with Crippen LogP contribution in [-0.2, 0) is 0 Å². The van der Waals surface area contributed by atoms with E-state index in [9.17, 15) is 0 Å². The fourth-order valence-electron chi connectivity index (χ4n) is 2.08. The molecule has 3 aromatic heterocycles. The van der Waals surface area contributed by atoms with Crippen molar-refractivity contribution in [3.05, 3.63) is 41.8 Å². The molecular formula is C13H6ClN3Se. The van der Waals surface area contributed by atoms with E-state index >= 15 is 0 Å². The average Bonchev–Trinajstić information content (AvgIpc) is 2.76. The summed E-state index contributed by atoms with van der Waals surface area (Å²) in [6, 6.07) is 10.3. The Bertz CT molecular complexity index is 901. The van der Waals surface area contributed by atoms with Crippen molar-refractivity contribution in [2.24, 2.45) is 0 Å². The van der Waals surface area contributed by atoms with Crippen molar-refractivity contribution in [3.63, 3.8) is 0 Å². The van der Waals surface area contributed by atoms with E-state index in [0.29, 0.717) is 5.15 Å². The zero-order chi connectivity index (χ0) is 12.1. The third kappa shape index (κ3) is 1.40. The van der Waals surface area contributed by atoms with E-state index in [0.717, 1.165) is 30.5 Å². The van der Waals surface area contributed by atoms with E-state index in [2.05, 4.69) is 22.1 Å². The molecule has 0 aliphatic rings. The Hall–Kier alpha value is -1.48. The molecule has 0 atom stereocenters. The number of halogens is 1. The second kappa shape index (κ2) is 3.75.